The molecule has 5 heteroatoms. The van der Waals surface area contributed by atoms with E-state index in [1.165, 1.54) is 0 Å². The van der Waals surface area contributed by atoms with E-state index in [9.17, 15) is 4.79 Å². The molecule has 0 spiro atoms. The summed E-state index contributed by atoms with van der Waals surface area (Å²) in [5, 5.41) is 2.91. The van der Waals surface area contributed by atoms with E-state index in [-0.39, 0.29) is 12.0 Å². The van der Waals surface area contributed by atoms with Gasteiger partial charge in [-0.15, -0.1) is 0 Å². The van der Waals surface area contributed by atoms with Crippen molar-refractivity contribution in [3.8, 4) is 17.2 Å². The van der Waals surface area contributed by atoms with Gasteiger partial charge < -0.3 is 19.5 Å². The van der Waals surface area contributed by atoms with Crippen molar-refractivity contribution in [2.75, 3.05) is 19.0 Å². The lowest BCUT2D eigenvalue weighted by atomic mass is 10.1. The van der Waals surface area contributed by atoms with Gasteiger partial charge in [0.25, 0.3) is 5.91 Å². The second-order valence-corrected chi connectivity index (χ2v) is 5.68. The number of anilines is 1. The van der Waals surface area contributed by atoms with Crippen molar-refractivity contribution in [2.45, 2.75) is 26.4 Å². The zero-order valence-corrected chi connectivity index (χ0v) is 14.1. The molecule has 0 saturated heterocycles. The first-order chi connectivity index (χ1) is 11.6. The van der Waals surface area contributed by atoms with Crippen LogP contribution in [0.4, 0.5) is 5.69 Å². The molecule has 1 atom stereocenters. The van der Waals surface area contributed by atoms with E-state index in [1.54, 1.807) is 25.3 Å². The second kappa shape index (κ2) is 6.83. The predicted octanol–water partition coefficient (Wildman–Crippen LogP) is 3.67. The Balaban J connectivity index is 1.91. The van der Waals surface area contributed by atoms with Gasteiger partial charge in [-0.25, -0.2) is 0 Å². The molecule has 2 aromatic carbocycles. The average molecular weight is 327 g/mol. The Kier molecular flexibility index (Phi) is 4.60. The van der Waals surface area contributed by atoms with Crippen LogP contribution in [0.2, 0.25) is 0 Å². The molecular weight excluding hydrogens is 306 g/mol. The number of carbonyl (C=O) groups excluding carboxylic acids is 1. The summed E-state index contributed by atoms with van der Waals surface area (Å²) in [7, 11) is 1.54. The van der Waals surface area contributed by atoms with Gasteiger partial charge in [-0.3, -0.25) is 4.79 Å². The van der Waals surface area contributed by atoms with Crippen LogP contribution in [0.25, 0.3) is 0 Å². The Bertz CT molecular complexity index is 757. The Morgan fingerprint density at radius 1 is 1.29 bits per heavy atom. The number of carbonyl (C=O) groups is 1. The van der Waals surface area contributed by atoms with Crippen LogP contribution in [0.1, 0.15) is 29.8 Å². The number of amides is 1. The molecule has 1 aliphatic heterocycles. The number of fused-ring (bicyclic) bond motifs is 1. The number of nitrogens with one attached hydrogen (secondary N) is 1. The minimum atomic E-state index is -0.251. The smallest absolute Gasteiger partial charge is 0.259 e. The van der Waals surface area contributed by atoms with Crippen LogP contribution in [0, 0.1) is 0 Å². The quantitative estimate of drug-likeness (QED) is 0.910. The van der Waals surface area contributed by atoms with Crippen LogP contribution in [-0.2, 0) is 6.42 Å². The van der Waals surface area contributed by atoms with Gasteiger partial charge in [0.2, 0.25) is 0 Å². The molecule has 1 amide bonds. The zero-order chi connectivity index (χ0) is 17.1. The van der Waals surface area contributed by atoms with Crippen LogP contribution in [-0.4, -0.2) is 25.7 Å². The maximum atomic E-state index is 12.6. The second-order valence-electron chi connectivity index (χ2n) is 5.68. The molecule has 1 heterocycles. The molecule has 1 N–H and O–H groups in total. The van der Waals surface area contributed by atoms with Crippen LogP contribution < -0.4 is 19.5 Å². The van der Waals surface area contributed by atoms with Crippen LogP contribution in [0.15, 0.2) is 36.4 Å². The topological polar surface area (TPSA) is 56.8 Å². The van der Waals surface area contributed by atoms with Gasteiger partial charge in [0.15, 0.2) is 0 Å². The minimum Gasteiger partial charge on any atom is -0.496 e. The maximum absolute atomic E-state index is 12.6. The number of hydrogen-bond acceptors (Lipinski definition) is 4. The van der Waals surface area contributed by atoms with E-state index in [1.807, 2.05) is 32.0 Å². The third-order valence-corrected chi connectivity index (χ3v) is 3.90. The molecule has 0 fully saturated rings. The van der Waals surface area contributed by atoms with Crippen molar-refractivity contribution in [1.29, 1.82) is 0 Å². The molecule has 0 bridgehead atoms. The Hall–Kier alpha value is -2.69. The fraction of sp³-hybridized carbons (Fsp3) is 0.316. The van der Waals surface area contributed by atoms with Gasteiger partial charge in [-0.05, 0) is 32.0 Å². The van der Waals surface area contributed by atoms with Gasteiger partial charge in [0.1, 0.15) is 23.4 Å². The zero-order valence-electron chi connectivity index (χ0n) is 14.1. The summed E-state index contributed by atoms with van der Waals surface area (Å²) < 4.78 is 16.7. The summed E-state index contributed by atoms with van der Waals surface area (Å²) in [6, 6.07) is 10.9. The summed E-state index contributed by atoms with van der Waals surface area (Å²) in [6.07, 6.45) is 0.977. The van der Waals surface area contributed by atoms with Crippen molar-refractivity contribution < 1.29 is 19.0 Å². The molecule has 0 aliphatic carbocycles. The number of ether oxygens (including phenoxy) is 3. The van der Waals surface area contributed by atoms with Gasteiger partial charge in [-0.1, -0.05) is 12.1 Å². The molecule has 2 aromatic rings. The number of methoxy groups -OCH3 is 1. The molecule has 3 rings (SSSR count). The summed E-state index contributed by atoms with van der Waals surface area (Å²) in [4.78, 5) is 12.6. The van der Waals surface area contributed by atoms with Gasteiger partial charge in [0, 0.05) is 18.1 Å². The van der Waals surface area contributed by atoms with E-state index < -0.39 is 0 Å². The van der Waals surface area contributed by atoms with Gasteiger partial charge in [0.05, 0.1) is 25.0 Å². The van der Waals surface area contributed by atoms with Crippen molar-refractivity contribution in [2.24, 2.45) is 0 Å². The monoisotopic (exact) mass is 327 g/mol. The Morgan fingerprint density at radius 3 is 2.83 bits per heavy atom. The fourth-order valence-corrected chi connectivity index (χ4v) is 2.83. The van der Waals surface area contributed by atoms with E-state index in [2.05, 4.69) is 5.32 Å². The lowest BCUT2D eigenvalue weighted by Crippen LogP contribution is -2.14. The van der Waals surface area contributed by atoms with Crippen molar-refractivity contribution >= 4 is 11.6 Å². The lowest BCUT2D eigenvalue weighted by molar-refractivity contribution is 0.102. The highest BCUT2D eigenvalue weighted by Crippen LogP contribution is 2.38. The molecule has 0 radical (unpaired) electrons. The van der Waals surface area contributed by atoms with Gasteiger partial charge >= 0.3 is 0 Å². The number of para-hydroxylation sites is 1. The first-order valence-electron chi connectivity index (χ1n) is 8.03. The number of hydrogen-bond donors (Lipinski definition) is 1. The number of rotatable bonds is 5. The molecule has 0 unspecified atom stereocenters. The van der Waals surface area contributed by atoms with Crippen molar-refractivity contribution in [1.82, 2.24) is 0 Å². The summed E-state index contributed by atoms with van der Waals surface area (Å²) >= 11 is 0. The van der Waals surface area contributed by atoms with Crippen LogP contribution in [0.5, 0.6) is 17.2 Å². The maximum Gasteiger partial charge on any atom is 0.259 e. The first-order valence-corrected chi connectivity index (χ1v) is 8.03. The lowest BCUT2D eigenvalue weighted by Gasteiger charge is -2.14. The highest BCUT2D eigenvalue weighted by atomic mass is 16.5. The van der Waals surface area contributed by atoms with Gasteiger partial charge in [-0.2, -0.15) is 0 Å². The molecular formula is C19H21NO4. The third-order valence-electron chi connectivity index (χ3n) is 3.90. The van der Waals surface area contributed by atoms with Crippen molar-refractivity contribution in [3.05, 3.63) is 47.5 Å². The molecule has 126 valence electrons. The van der Waals surface area contributed by atoms with E-state index in [0.29, 0.717) is 29.4 Å². The normalized spacial score (nSPS) is 15.4. The Morgan fingerprint density at radius 2 is 2.08 bits per heavy atom. The van der Waals surface area contributed by atoms with E-state index in [0.717, 1.165) is 17.7 Å². The van der Waals surface area contributed by atoms with Crippen LogP contribution in [0.3, 0.4) is 0 Å². The highest BCUT2D eigenvalue weighted by molar-refractivity contribution is 6.07. The van der Waals surface area contributed by atoms with E-state index in [4.69, 9.17) is 14.2 Å². The summed E-state index contributed by atoms with van der Waals surface area (Å²) in [5.41, 5.74) is 2.17. The largest absolute Gasteiger partial charge is 0.496 e. The SMILES string of the molecule is CCOc1cc2c(cc1NC(=O)c1ccccc1OC)O[C@@H](C)C2. The minimum absolute atomic E-state index is 0.134. The van der Waals surface area contributed by atoms with Crippen LogP contribution >= 0.6 is 0 Å². The summed E-state index contributed by atoms with van der Waals surface area (Å²) in [6.45, 7) is 4.46. The fourth-order valence-electron chi connectivity index (χ4n) is 2.83. The highest BCUT2D eigenvalue weighted by Gasteiger charge is 2.23. The predicted molar refractivity (Wildman–Crippen MR) is 92.4 cm³/mol. The first kappa shape index (κ1) is 16.2. The third kappa shape index (κ3) is 3.15. The standard InChI is InChI=1S/C19H21NO4/c1-4-23-18-10-13-9-12(2)24-17(13)11-15(18)20-19(21)14-7-5-6-8-16(14)22-3/h5-8,10-12H,4,9H2,1-3H3,(H,20,21)/t12-/m0/s1. The molecule has 5 nitrogen and oxygen atoms in total. The molecule has 0 saturated carbocycles. The summed E-state index contributed by atoms with van der Waals surface area (Å²) in [5.74, 6) is 1.72. The van der Waals surface area contributed by atoms with Crippen molar-refractivity contribution in [3.63, 3.8) is 0 Å². The molecule has 1 aliphatic rings. The molecule has 0 aromatic heterocycles. The molecule has 24 heavy (non-hydrogen) atoms. The Labute approximate surface area is 141 Å². The van der Waals surface area contributed by atoms with E-state index >= 15 is 0 Å². The number of benzene rings is 2. The average Bonchev–Trinajstić information content (AvgIpc) is 2.94.